The molecule has 1 aliphatic heterocycles. The lowest BCUT2D eigenvalue weighted by Gasteiger charge is -2.20. The van der Waals surface area contributed by atoms with E-state index in [1.54, 1.807) is 6.07 Å². The smallest absolute Gasteiger partial charge is 0.326 e. The number of rotatable bonds is 2. The van der Waals surface area contributed by atoms with Crippen molar-refractivity contribution in [3.8, 4) is 0 Å². The molecule has 18 heavy (non-hydrogen) atoms. The zero-order valence-electron chi connectivity index (χ0n) is 9.28. The maximum absolute atomic E-state index is 12.1. The van der Waals surface area contributed by atoms with Crippen LogP contribution < -0.4 is 0 Å². The molecular formula is C11H11BrN2O4. The predicted octanol–water partition coefficient (Wildman–Crippen LogP) is 0.504. The van der Waals surface area contributed by atoms with Crippen molar-refractivity contribution in [3.05, 3.63) is 28.5 Å². The van der Waals surface area contributed by atoms with E-state index in [4.69, 9.17) is 5.11 Å². The Labute approximate surface area is 111 Å². The van der Waals surface area contributed by atoms with Crippen LogP contribution in [0.4, 0.5) is 0 Å². The number of aliphatic hydroxyl groups is 1. The van der Waals surface area contributed by atoms with Crippen LogP contribution in [0.5, 0.6) is 0 Å². The molecule has 1 fully saturated rings. The average molecular weight is 315 g/mol. The van der Waals surface area contributed by atoms with E-state index in [0.29, 0.717) is 0 Å². The second kappa shape index (κ2) is 5.03. The van der Waals surface area contributed by atoms with Gasteiger partial charge in [-0.25, -0.2) is 9.78 Å². The number of aromatic nitrogens is 1. The minimum atomic E-state index is -1.11. The lowest BCUT2D eigenvalue weighted by Crippen LogP contribution is -2.40. The molecule has 0 unspecified atom stereocenters. The van der Waals surface area contributed by atoms with Gasteiger partial charge in [-0.1, -0.05) is 0 Å². The number of hydrogen-bond donors (Lipinski definition) is 2. The van der Waals surface area contributed by atoms with Gasteiger partial charge >= 0.3 is 5.97 Å². The number of carbonyl (C=O) groups is 2. The van der Waals surface area contributed by atoms with Crippen LogP contribution in [0, 0.1) is 0 Å². The molecule has 0 radical (unpaired) electrons. The van der Waals surface area contributed by atoms with Crippen molar-refractivity contribution in [1.82, 2.24) is 9.88 Å². The first-order chi connectivity index (χ1) is 8.49. The lowest BCUT2D eigenvalue weighted by atomic mass is 10.2. The third-order valence-corrected chi connectivity index (χ3v) is 3.24. The maximum atomic E-state index is 12.1. The van der Waals surface area contributed by atoms with E-state index in [9.17, 15) is 14.7 Å². The highest BCUT2D eigenvalue weighted by Crippen LogP contribution is 2.20. The first-order valence-corrected chi connectivity index (χ1v) is 6.11. The third-order valence-electron chi connectivity index (χ3n) is 2.77. The molecule has 0 saturated carbocycles. The highest BCUT2D eigenvalue weighted by molar-refractivity contribution is 9.10. The van der Waals surface area contributed by atoms with Crippen molar-refractivity contribution in [2.45, 2.75) is 18.6 Å². The Morgan fingerprint density at radius 1 is 1.44 bits per heavy atom. The van der Waals surface area contributed by atoms with Gasteiger partial charge in [0, 0.05) is 23.6 Å². The molecule has 6 nitrogen and oxygen atoms in total. The Morgan fingerprint density at radius 3 is 2.72 bits per heavy atom. The Kier molecular flexibility index (Phi) is 3.63. The number of carboxylic acid groups (broad SMARTS) is 1. The molecule has 0 bridgehead atoms. The summed E-state index contributed by atoms with van der Waals surface area (Å²) in [4.78, 5) is 28.2. The molecule has 7 heteroatoms. The topological polar surface area (TPSA) is 90.7 Å². The standard InChI is InChI=1S/C11H11BrN2O4/c12-6-1-2-8(13-4-6)10(16)14-5-7(15)3-9(14)11(17)18/h1-2,4,7,9,15H,3,5H2,(H,17,18)/t7-,9-/m1/s1. The van der Waals surface area contributed by atoms with Gasteiger partial charge in [-0.2, -0.15) is 0 Å². The molecule has 2 N–H and O–H groups in total. The van der Waals surface area contributed by atoms with E-state index in [1.807, 2.05) is 0 Å². The third kappa shape index (κ3) is 2.51. The average Bonchev–Trinajstić information content (AvgIpc) is 2.71. The van der Waals surface area contributed by atoms with Crippen LogP contribution in [0.1, 0.15) is 16.9 Å². The largest absolute Gasteiger partial charge is 0.480 e. The van der Waals surface area contributed by atoms with Gasteiger partial charge in [-0.05, 0) is 28.1 Å². The van der Waals surface area contributed by atoms with Crippen molar-refractivity contribution in [2.24, 2.45) is 0 Å². The fourth-order valence-corrected chi connectivity index (χ4v) is 2.16. The molecule has 0 aliphatic carbocycles. The van der Waals surface area contributed by atoms with Gasteiger partial charge in [0.1, 0.15) is 11.7 Å². The number of nitrogens with zero attached hydrogens (tertiary/aromatic N) is 2. The number of halogens is 1. The number of hydrogen-bond acceptors (Lipinski definition) is 4. The molecule has 1 aromatic heterocycles. The van der Waals surface area contributed by atoms with Gasteiger partial charge in [0.15, 0.2) is 0 Å². The first-order valence-electron chi connectivity index (χ1n) is 5.32. The number of aliphatic hydroxyl groups excluding tert-OH is 1. The highest BCUT2D eigenvalue weighted by Gasteiger charge is 2.39. The maximum Gasteiger partial charge on any atom is 0.326 e. The molecule has 2 atom stereocenters. The summed E-state index contributed by atoms with van der Waals surface area (Å²) in [6, 6.07) is 2.18. The van der Waals surface area contributed by atoms with Gasteiger partial charge in [0.2, 0.25) is 0 Å². The minimum Gasteiger partial charge on any atom is -0.480 e. The Hall–Kier alpha value is -1.47. The second-order valence-electron chi connectivity index (χ2n) is 4.06. The fraction of sp³-hybridized carbons (Fsp3) is 0.364. The summed E-state index contributed by atoms with van der Waals surface area (Å²) in [6.07, 6.45) is 0.720. The number of likely N-dealkylation sites (tertiary alicyclic amines) is 1. The molecule has 1 aliphatic rings. The van der Waals surface area contributed by atoms with Crippen molar-refractivity contribution in [2.75, 3.05) is 6.54 Å². The number of carbonyl (C=O) groups excluding carboxylic acids is 1. The van der Waals surface area contributed by atoms with Crippen LogP contribution in [-0.2, 0) is 4.79 Å². The van der Waals surface area contributed by atoms with Gasteiger partial charge in [0.25, 0.3) is 5.91 Å². The number of aliphatic carboxylic acids is 1. The summed E-state index contributed by atoms with van der Waals surface area (Å²) in [5, 5.41) is 18.5. The van der Waals surface area contributed by atoms with E-state index >= 15 is 0 Å². The number of carboxylic acids is 1. The number of β-amino-alcohol motifs (C(OH)–C–C–N with tert-alkyl or cyclic N) is 1. The van der Waals surface area contributed by atoms with Crippen LogP contribution >= 0.6 is 15.9 Å². The van der Waals surface area contributed by atoms with Crippen molar-refractivity contribution in [1.29, 1.82) is 0 Å². The summed E-state index contributed by atoms with van der Waals surface area (Å²) < 4.78 is 0.732. The van der Waals surface area contributed by atoms with E-state index in [0.717, 1.165) is 9.37 Å². The quantitative estimate of drug-likeness (QED) is 0.829. The SMILES string of the molecule is O=C(O)[C@H]1C[C@@H](O)CN1C(=O)c1ccc(Br)cn1. The van der Waals surface area contributed by atoms with Gasteiger partial charge in [-0.3, -0.25) is 4.79 Å². The number of amides is 1. The van der Waals surface area contributed by atoms with E-state index < -0.39 is 24.0 Å². The molecular weight excluding hydrogens is 304 g/mol. The molecule has 2 rings (SSSR count). The summed E-state index contributed by atoms with van der Waals surface area (Å²) in [7, 11) is 0. The monoisotopic (exact) mass is 314 g/mol. The van der Waals surface area contributed by atoms with Crippen LogP contribution in [0.2, 0.25) is 0 Å². The van der Waals surface area contributed by atoms with E-state index in [1.165, 1.54) is 12.3 Å². The van der Waals surface area contributed by atoms with Crippen molar-refractivity contribution >= 4 is 27.8 Å². The van der Waals surface area contributed by atoms with Gasteiger partial charge in [0.05, 0.1) is 6.10 Å². The summed E-state index contributed by atoms with van der Waals surface area (Å²) in [6.45, 7) is 0.0214. The van der Waals surface area contributed by atoms with Gasteiger partial charge in [-0.15, -0.1) is 0 Å². The van der Waals surface area contributed by atoms with E-state index in [-0.39, 0.29) is 18.7 Å². The molecule has 0 aromatic carbocycles. The molecule has 0 spiro atoms. The number of pyridine rings is 1. The first kappa shape index (κ1) is 13.0. The normalized spacial score (nSPS) is 23.1. The molecule has 2 heterocycles. The summed E-state index contributed by atoms with van der Waals surface area (Å²) in [5.41, 5.74) is 0.165. The zero-order valence-corrected chi connectivity index (χ0v) is 10.9. The Morgan fingerprint density at radius 2 is 2.17 bits per heavy atom. The fourth-order valence-electron chi connectivity index (χ4n) is 1.92. The molecule has 1 saturated heterocycles. The highest BCUT2D eigenvalue weighted by atomic mass is 79.9. The summed E-state index contributed by atoms with van der Waals surface area (Å²) in [5.74, 6) is -1.59. The minimum absolute atomic E-state index is 0.0214. The van der Waals surface area contributed by atoms with E-state index in [2.05, 4.69) is 20.9 Å². The molecule has 96 valence electrons. The zero-order chi connectivity index (χ0) is 13.3. The van der Waals surface area contributed by atoms with Crippen molar-refractivity contribution in [3.63, 3.8) is 0 Å². The lowest BCUT2D eigenvalue weighted by molar-refractivity contribution is -0.141. The summed E-state index contributed by atoms with van der Waals surface area (Å²) >= 11 is 3.20. The van der Waals surface area contributed by atoms with Gasteiger partial charge < -0.3 is 15.1 Å². The van der Waals surface area contributed by atoms with Crippen LogP contribution in [0.3, 0.4) is 0 Å². The predicted molar refractivity (Wildman–Crippen MR) is 65.0 cm³/mol. The molecule has 1 amide bonds. The van der Waals surface area contributed by atoms with Crippen LogP contribution in [0.25, 0.3) is 0 Å². The van der Waals surface area contributed by atoms with Crippen molar-refractivity contribution < 1.29 is 19.8 Å². The Balaban J connectivity index is 2.22. The second-order valence-corrected chi connectivity index (χ2v) is 4.98. The molecule has 1 aromatic rings. The van der Waals surface area contributed by atoms with Crippen LogP contribution in [0.15, 0.2) is 22.8 Å². The van der Waals surface area contributed by atoms with Crippen LogP contribution in [-0.4, -0.2) is 50.7 Å². The Bertz CT molecular complexity index is 476.